The van der Waals surface area contributed by atoms with Crippen molar-refractivity contribution in [3.63, 3.8) is 0 Å². The zero-order valence-electron chi connectivity index (χ0n) is 12.0. The topological polar surface area (TPSA) is 21.3 Å². The Labute approximate surface area is 133 Å². The van der Waals surface area contributed by atoms with Gasteiger partial charge >= 0.3 is 6.61 Å². The third-order valence-corrected chi connectivity index (χ3v) is 4.83. The molecule has 0 aliphatic heterocycles. The minimum Gasteiger partial charge on any atom is -0.432 e. The molecule has 0 bridgehead atoms. The Morgan fingerprint density at radius 3 is 2.38 bits per heavy atom. The zero-order valence-corrected chi connectivity index (χ0v) is 13.5. The highest BCUT2D eigenvalue weighted by Gasteiger charge is 2.27. The van der Waals surface area contributed by atoms with Crippen LogP contribution in [0.5, 0.6) is 5.75 Å². The fraction of sp³-hybridized carbons (Fsp3) is 0.600. The quantitative estimate of drug-likeness (QED) is 0.746. The van der Waals surface area contributed by atoms with E-state index in [9.17, 15) is 8.78 Å². The predicted octanol–water partition coefficient (Wildman–Crippen LogP) is 5.83. The smallest absolute Gasteiger partial charge is 0.387 e. The van der Waals surface area contributed by atoms with Crippen molar-refractivity contribution in [3.05, 3.63) is 22.2 Å². The van der Waals surface area contributed by atoms with Gasteiger partial charge in [0, 0.05) is 11.7 Å². The number of halogens is 4. The summed E-state index contributed by atoms with van der Waals surface area (Å²) in [6.07, 6.45) is 3.50. The van der Waals surface area contributed by atoms with Crippen molar-refractivity contribution in [2.24, 2.45) is 11.8 Å². The summed E-state index contributed by atoms with van der Waals surface area (Å²) < 4.78 is 28.9. The van der Waals surface area contributed by atoms with Gasteiger partial charge in [-0.25, -0.2) is 0 Å². The number of benzene rings is 1. The van der Waals surface area contributed by atoms with Crippen molar-refractivity contribution in [3.8, 4) is 5.75 Å². The average Bonchev–Trinajstić information content (AvgIpc) is 2.39. The van der Waals surface area contributed by atoms with Gasteiger partial charge in [-0.1, -0.05) is 49.9 Å². The molecule has 118 valence electrons. The minimum atomic E-state index is -2.95. The molecule has 0 saturated heterocycles. The Hall–Kier alpha value is -0.740. The molecule has 1 aliphatic carbocycles. The van der Waals surface area contributed by atoms with Gasteiger partial charge in [-0.3, -0.25) is 0 Å². The van der Waals surface area contributed by atoms with Gasteiger partial charge in [0.15, 0.2) is 5.75 Å². The molecule has 1 saturated carbocycles. The second kappa shape index (κ2) is 7.01. The van der Waals surface area contributed by atoms with Gasteiger partial charge in [0.05, 0.1) is 10.0 Å². The molecule has 1 aliphatic rings. The van der Waals surface area contributed by atoms with Crippen LogP contribution in [0.4, 0.5) is 14.5 Å². The zero-order chi connectivity index (χ0) is 15.6. The maximum absolute atomic E-state index is 12.3. The Balaban J connectivity index is 2.14. The lowest BCUT2D eigenvalue weighted by molar-refractivity contribution is -0.0497. The highest BCUT2D eigenvalue weighted by Crippen LogP contribution is 2.38. The summed E-state index contributed by atoms with van der Waals surface area (Å²) in [6, 6.07) is 3.50. The summed E-state index contributed by atoms with van der Waals surface area (Å²) >= 11 is 12.0. The molecule has 1 aromatic rings. The van der Waals surface area contributed by atoms with Crippen LogP contribution in [-0.4, -0.2) is 12.7 Å². The molecule has 0 radical (unpaired) electrons. The van der Waals surface area contributed by atoms with Gasteiger partial charge in [0.25, 0.3) is 0 Å². The van der Waals surface area contributed by atoms with Crippen LogP contribution >= 0.6 is 23.2 Å². The molecule has 0 amide bonds. The molecular weight excluding hydrogens is 319 g/mol. The fourth-order valence-corrected chi connectivity index (χ4v) is 3.42. The van der Waals surface area contributed by atoms with Crippen molar-refractivity contribution in [2.75, 3.05) is 5.32 Å². The Morgan fingerprint density at radius 1 is 1.19 bits per heavy atom. The highest BCUT2D eigenvalue weighted by molar-refractivity contribution is 6.37. The molecule has 3 atom stereocenters. The normalized spacial score (nSPS) is 26.0. The standard InChI is InChI=1S/C15H19Cl2F2NO/c1-8-4-3-5-13(9(8)2)20-10-6-11(16)14(12(17)7-10)21-15(18)19/h6-9,13,15,20H,3-5H2,1-2H3. The van der Waals surface area contributed by atoms with Crippen molar-refractivity contribution >= 4 is 28.9 Å². The van der Waals surface area contributed by atoms with Gasteiger partial charge in [-0.2, -0.15) is 8.78 Å². The van der Waals surface area contributed by atoms with Crippen LogP contribution < -0.4 is 10.1 Å². The van der Waals surface area contributed by atoms with Gasteiger partial charge in [-0.05, 0) is 30.4 Å². The fourth-order valence-electron chi connectivity index (χ4n) is 2.84. The molecule has 21 heavy (non-hydrogen) atoms. The number of hydrogen-bond donors (Lipinski definition) is 1. The molecular formula is C15H19Cl2F2NO. The molecule has 2 rings (SSSR count). The van der Waals surface area contributed by atoms with E-state index >= 15 is 0 Å². The van der Waals surface area contributed by atoms with E-state index < -0.39 is 6.61 Å². The minimum absolute atomic E-state index is 0.0850. The van der Waals surface area contributed by atoms with Crippen molar-refractivity contribution in [1.82, 2.24) is 0 Å². The van der Waals surface area contributed by atoms with E-state index in [1.165, 1.54) is 12.8 Å². The lowest BCUT2D eigenvalue weighted by Gasteiger charge is -2.35. The summed E-state index contributed by atoms with van der Waals surface area (Å²) in [5.41, 5.74) is 0.734. The highest BCUT2D eigenvalue weighted by atomic mass is 35.5. The first-order valence-corrected chi connectivity index (χ1v) is 7.84. The van der Waals surface area contributed by atoms with Gasteiger partial charge in [0.2, 0.25) is 0 Å². The van der Waals surface area contributed by atoms with Crippen LogP contribution in [0.25, 0.3) is 0 Å². The van der Waals surface area contributed by atoms with Gasteiger partial charge < -0.3 is 10.1 Å². The first-order chi connectivity index (χ1) is 9.88. The molecule has 0 spiro atoms. The van der Waals surface area contributed by atoms with Crippen molar-refractivity contribution < 1.29 is 13.5 Å². The van der Waals surface area contributed by atoms with E-state index in [-0.39, 0.29) is 15.8 Å². The SMILES string of the molecule is CC1CCCC(Nc2cc(Cl)c(OC(F)F)c(Cl)c2)C1C. The molecule has 1 fully saturated rings. The molecule has 0 aromatic heterocycles. The van der Waals surface area contributed by atoms with E-state index in [2.05, 4.69) is 23.9 Å². The summed E-state index contributed by atoms with van der Waals surface area (Å²) in [4.78, 5) is 0. The van der Waals surface area contributed by atoms with Crippen molar-refractivity contribution in [1.29, 1.82) is 0 Å². The number of hydrogen-bond acceptors (Lipinski definition) is 2. The first kappa shape index (κ1) is 16.6. The van der Waals surface area contributed by atoms with E-state index in [0.29, 0.717) is 17.9 Å². The van der Waals surface area contributed by atoms with E-state index in [0.717, 1.165) is 12.1 Å². The Kier molecular flexibility index (Phi) is 5.55. The summed E-state index contributed by atoms with van der Waals surface area (Å²) in [7, 11) is 0. The summed E-state index contributed by atoms with van der Waals surface area (Å²) in [5.74, 6) is 1.01. The van der Waals surface area contributed by atoms with E-state index in [1.807, 2.05) is 0 Å². The number of ether oxygens (including phenoxy) is 1. The summed E-state index contributed by atoms with van der Waals surface area (Å²) in [6.45, 7) is 1.52. The molecule has 2 nitrogen and oxygen atoms in total. The maximum Gasteiger partial charge on any atom is 0.387 e. The number of rotatable bonds is 4. The average molecular weight is 338 g/mol. The van der Waals surface area contributed by atoms with Crippen LogP contribution in [0.2, 0.25) is 10.0 Å². The van der Waals surface area contributed by atoms with Crippen LogP contribution in [0.1, 0.15) is 33.1 Å². The van der Waals surface area contributed by atoms with Crippen LogP contribution in [0.15, 0.2) is 12.1 Å². The summed E-state index contributed by atoms with van der Waals surface area (Å²) in [5, 5.41) is 3.58. The van der Waals surface area contributed by atoms with Crippen LogP contribution in [-0.2, 0) is 0 Å². The predicted molar refractivity (Wildman–Crippen MR) is 82.7 cm³/mol. The van der Waals surface area contributed by atoms with Crippen LogP contribution in [0.3, 0.4) is 0 Å². The third kappa shape index (κ3) is 4.13. The molecule has 1 N–H and O–H groups in total. The van der Waals surface area contributed by atoms with E-state index in [4.69, 9.17) is 23.2 Å². The third-order valence-electron chi connectivity index (χ3n) is 4.26. The molecule has 6 heteroatoms. The van der Waals surface area contributed by atoms with Gasteiger partial charge in [-0.15, -0.1) is 0 Å². The lowest BCUT2D eigenvalue weighted by Crippen LogP contribution is -2.35. The first-order valence-electron chi connectivity index (χ1n) is 7.09. The van der Waals surface area contributed by atoms with E-state index in [1.54, 1.807) is 12.1 Å². The number of alkyl halides is 2. The van der Waals surface area contributed by atoms with Gasteiger partial charge in [0.1, 0.15) is 0 Å². The molecule has 0 heterocycles. The van der Waals surface area contributed by atoms with Crippen molar-refractivity contribution in [2.45, 2.75) is 45.8 Å². The molecule has 3 unspecified atom stereocenters. The number of nitrogens with one attached hydrogen (secondary N) is 1. The maximum atomic E-state index is 12.3. The number of anilines is 1. The lowest BCUT2D eigenvalue weighted by atomic mass is 9.78. The Bertz CT molecular complexity index is 476. The second-order valence-electron chi connectivity index (χ2n) is 5.67. The Morgan fingerprint density at radius 2 is 1.81 bits per heavy atom. The monoisotopic (exact) mass is 337 g/mol. The second-order valence-corrected chi connectivity index (χ2v) is 6.48. The largest absolute Gasteiger partial charge is 0.432 e. The molecule has 1 aromatic carbocycles. The van der Waals surface area contributed by atoms with Crippen LogP contribution in [0, 0.1) is 11.8 Å².